The Balaban J connectivity index is 2.67. The predicted molar refractivity (Wildman–Crippen MR) is 77.9 cm³/mol. The lowest BCUT2D eigenvalue weighted by Crippen LogP contribution is -2.14. The van der Waals surface area contributed by atoms with Crippen LogP contribution >= 0.6 is 0 Å². The van der Waals surface area contributed by atoms with Crippen molar-refractivity contribution in [2.75, 3.05) is 0 Å². The summed E-state index contributed by atoms with van der Waals surface area (Å²) in [6.45, 7) is 10.8. The Bertz CT molecular complexity index is 381. The second-order valence-corrected chi connectivity index (χ2v) is 6.28. The number of hydrogen-bond acceptors (Lipinski definition) is 1. The van der Waals surface area contributed by atoms with E-state index >= 15 is 0 Å². The van der Waals surface area contributed by atoms with E-state index in [0.29, 0.717) is 12.2 Å². The molecule has 0 N–H and O–H groups in total. The summed E-state index contributed by atoms with van der Waals surface area (Å²) >= 11 is 0. The van der Waals surface area contributed by atoms with Gasteiger partial charge in [-0.05, 0) is 23.0 Å². The number of carbonyl (C=O) groups is 1. The van der Waals surface area contributed by atoms with Crippen LogP contribution in [0.4, 0.5) is 0 Å². The third-order valence-corrected chi connectivity index (χ3v) is 3.47. The highest BCUT2D eigenvalue weighted by molar-refractivity contribution is 5.82. The van der Waals surface area contributed by atoms with E-state index in [4.69, 9.17) is 0 Å². The fourth-order valence-corrected chi connectivity index (χ4v) is 2.09. The molecule has 0 aliphatic rings. The summed E-state index contributed by atoms with van der Waals surface area (Å²) < 4.78 is 0. The molecular weight excluding hydrogens is 220 g/mol. The SMILES string of the molecule is CCCC(C)C(=O)Cc1ccc(C(C)(C)C)cc1. The zero-order valence-electron chi connectivity index (χ0n) is 12.4. The van der Waals surface area contributed by atoms with E-state index in [2.05, 4.69) is 52.0 Å². The van der Waals surface area contributed by atoms with Crippen molar-refractivity contribution in [2.45, 2.75) is 59.3 Å². The van der Waals surface area contributed by atoms with Crippen molar-refractivity contribution in [1.29, 1.82) is 0 Å². The van der Waals surface area contributed by atoms with E-state index in [1.54, 1.807) is 0 Å². The van der Waals surface area contributed by atoms with Crippen LogP contribution in [0.3, 0.4) is 0 Å². The second-order valence-electron chi connectivity index (χ2n) is 6.28. The van der Waals surface area contributed by atoms with Gasteiger partial charge in [-0.2, -0.15) is 0 Å². The lowest BCUT2D eigenvalue weighted by atomic mass is 9.86. The quantitative estimate of drug-likeness (QED) is 0.746. The van der Waals surface area contributed by atoms with Crippen molar-refractivity contribution in [3.63, 3.8) is 0 Å². The molecule has 0 spiro atoms. The van der Waals surface area contributed by atoms with Gasteiger partial charge in [-0.25, -0.2) is 0 Å². The molecule has 1 rings (SSSR count). The fraction of sp³-hybridized carbons (Fsp3) is 0.588. The van der Waals surface area contributed by atoms with Crippen molar-refractivity contribution in [3.05, 3.63) is 35.4 Å². The summed E-state index contributed by atoms with van der Waals surface area (Å²) in [5.74, 6) is 0.553. The summed E-state index contributed by atoms with van der Waals surface area (Å²) in [7, 11) is 0. The first-order valence-corrected chi connectivity index (χ1v) is 6.96. The van der Waals surface area contributed by atoms with Crippen LogP contribution in [0.2, 0.25) is 0 Å². The molecule has 18 heavy (non-hydrogen) atoms. The Labute approximate surface area is 112 Å². The van der Waals surface area contributed by atoms with Crippen LogP contribution in [-0.4, -0.2) is 5.78 Å². The third-order valence-electron chi connectivity index (χ3n) is 3.47. The van der Waals surface area contributed by atoms with E-state index in [1.807, 2.05) is 6.92 Å². The number of ketones is 1. The molecule has 0 aliphatic heterocycles. The molecule has 0 saturated carbocycles. The zero-order chi connectivity index (χ0) is 13.8. The van der Waals surface area contributed by atoms with E-state index in [-0.39, 0.29) is 11.3 Å². The van der Waals surface area contributed by atoms with Crippen LogP contribution in [-0.2, 0) is 16.6 Å². The minimum Gasteiger partial charge on any atom is -0.299 e. The molecule has 0 aliphatic carbocycles. The molecule has 1 aromatic carbocycles. The monoisotopic (exact) mass is 246 g/mol. The average molecular weight is 246 g/mol. The first-order chi connectivity index (χ1) is 8.34. The van der Waals surface area contributed by atoms with Crippen LogP contribution in [0, 0.1) is 5.92 Å². The Morgan fingerprint density at radius 1 is 1.17 bits per heavy atom. The zero-order valence-corrected chi connectivity index (χ0v) is 12.4. The summed E-state index contributed by atoms with van der Waals surface area (Å²) in [4.78, 5) is 12.0. The lowest BCUT2D eigenvalue weighted by Gasteiger charge is -2.19. The average Bonchev–Trinajstić information content (AvgIpc) is 2.28. The highest BCUT2D eigenvalue weighted by atomic mass is 16.1. The number of benzene rings is 1. The van der Waals surface area contributed by atoms with E-state index in [9.17, 15) is 4.79 Å². The maximum Gasteiger partial charge on any atom is 0.140 e. The van der Waals surface area contributed by atoms with Crippen LogP contribution in [0.1, 0.15) is 58.6 Å². The van der Waals surface area contributed by atoms with Gasteiger partial charge < -0.3 is 0 Å². The minimum atomic E-state index is 0.179. The van der Waals surface area contributed by atoms with Gasteiger partial charge >= 0.3 is 0 Å². The molecule has 1 atom stereocenters. The Morgan fingerprint density at radius 2 is 1.72 bits per heavy atom. The van der Waals surface area contributed by atoms with E-state index in [1.165, 1.54) is 5.56 Å². The summed E-state index contributed by atoms with van der Waals surface area (Å²) in [6, 6.07) is 8.48. The van der Waals surface area contributed by atoms with Gasteiger partial charge in [-0.1, -0.05) is 65.3 Å². The van der Waals surface area contributed by atoms with Gasteiger partial charge in [-0.15, -0.1) is 0 Å². The molecule has 0 aromatic heterocycles. The van der Waals surface area contributed by atoms with Crippen molar-refractivity contribution < 1.29 is 4.79 Å². The third kappa shape index (κ3) is 4.29. The summed E-state index contributed by atoms with van der Waals surface area (Å²) in [5, 5.41) is 0. The number of hydrogen-bond donors (Lipinski definition) is 0. The van der Waals surface area contributed by atoms with Crippen LogP contribution < -0.4 is 0 Å². The van der Waals surface area contributed by atoms with Gasteiger partial charge in [0, 0.05) is 12.3 Å². The number of rotatable bonds is 5. The topological polar surface area (TPSA) is 17.1 Å². The van der Waals surface area contributed by atoms with Crippen molar-refractivity contribution in [3.8, 4) is 0 Å². The molecule has 100 valence electrons. The Hall–Kier alpha value is -1.11. The van der Waals surface area contributed by atoms with E-state index < -0.39 is 0 Å². The molecule has 0 amide bonds. The summed E-state index contributed by atoms with van der Waals surface area (Å²) in [6.07, 6.45) is 2.65. The van der Waals surface area contributed by atoms with E-state index in [0.717, 1.165) is 18.4 Å². The van der Waals surface area contributed by atoms with Gasteiger partial charge in [0.25, 0.3) is 0 Å². The maximum absolute atomic E-state index is 12.0. The molecule has 0 fully saturated rings. The minimum absolute atomic E-state index is 0.179. The van der Waals surface area contributed by atoms with Gasteiger partial charge in [0.1, 0.15) is 5.78 Å². The molecule has 1 heteroatoms. The van der Waals surface area contributed by atoms with Crippen LogP contribution in [0.15, 0.2) is 24.3 Å². The van der Waals surface area contributed by atoms with Crippen LogP contribution in [0.5, 0.6) is 0 Å². The van der Waals surface area contributed by atoms with Crippen molar-refractivity contribution in [2.24, 2.45) is 5.92 Å². The maximum atomic E-state index is 12.0. The number of carbonyl (C=O) groups excluding carboxylic acids is 1. The molecule has 0 heterocycles. The summed E-state index contributed by atoms with van der Waals surface area (Å²) in [5.41, 5.74) is 2.63. The smallest absolute Gasteiger partial charge is 0.140 e. The molecule has 1 aromatic rings. The first-order valence-electron chi connectivity index (χ1n) is 6.96. The highest BCUT2D eigenvalue weighted by Crippen LogP contribution is 2.22. The van der Waals surface area contributed by atoms with Crippen molar-refractivity contribution >= 4 is 5.78 Å². The Kier molecular flexibility index (Phi) is 5.13. The van der Waals surface area contributed by atoms with Gasteiger partial charge in [0.05, 0.1) is 0 Å². The fourth-order valence-electron chi connectivity index (χ4n) is 2.09. The van der Waals surface area contributed by atoms with Gasteiger partial charge in [-0.3, -0.25) is 4.79 Å². The molecule has 1 nitrogen and oxygen atoms in total. The highest BCUT2D eigenvalue weighted by Gasteiger charge is 2.15. The van der Waals surface area contributed by atoms with Gasteiger partial charge in [0.2, 0.25) is 0 Å². The Morgan fingerprint density at radius 3 is 2.17 bits per heavy atom. The predicted octanol–water partition coefficient (Wildman–Crippen LogP) is 4.53. The molecule has 0 radical (unpaired) electrons. The van der Waals surface area contributed by atoms with Crippen molar-refractivity contribution in [1.82, 2.24) is 0 Å². The van der Waals surface area contributed by atoms with Crippen LogP contribution in [0.25, 0.3) is 0 Å². The van der Waals surface area contributed by atoms with Gasteiger partial charge in [0.15, 0.2) is 0 Å². The lowest BCUT2D eigenvalue weighted by molar-refractivity contribution is -0.121. The second kappa shape index (κ2) is 6.17. The normalized spacial score (nSPS) is 13.4. The largest absolute Gasteiger partial charge is 0.299 e. The molecule has 0 saturated heterocycles. The first kappa shape index (κ1) is 14.9. The molecule has 1 unspecified atom stereocenters. The molecular formula is C17H26O. The standard InChI is InChI=1S/C17H26O/c1-6-7-13(2)16(18)12-14-8-10-15(11-9-14)17(3,4)5/h8-11,13H,6-7,12H2,1-5H3. The molecule has 0 bridgehead atoms. The number of Topliss-reactive ketones (excluding diaryl/α,β-unsaturated/α-hetero) is 1.